The number of aromatic nitrogens is 7. The summed E-state index contributed by atoms with van der Waals surface area (Å²) in [6.07, 6.45) is 3.93. The molecule has 0 unspecified atom stereocenters. The van der Waals surface area contributed by atoms with Crippen molar-refractivity contribution in [2.45, 2.75) is 32.9 Å². The molecule has 0 atom stereocenters. The average molecular weight is 503 g/mol. The number of benzene rings is 1. The van der Waals surface area contributed by atoms with Crippen LogP contribution in [0.1, 0.15) is 20.8 Å². The van der Waals surface area contributed by atoms with Crippen molar-refractivity contribution in [2.24, 2.45) is 0 Å². The van der Waals surface area contributed by atoms with Gasteiger partial charge in [-0.25, -0.2) is 24.1 Å². The van der Waals surface area contributed by atoms with Gasteiger partial charge < -0.3 is 10.1 Å². The predicted octanol–water partition coefficient (Wildman–Crippen LogP) is 4.18. The molecule has 0 bridgehead atoms. The summed E-state index contributed by atoms with van der Waals surface area (Å²) in [5, 5.41) is 8.18. The Morgan fingerprint density at radius 2 is 2.00 bits per heavy atom. The number of fused-ring (bicyclic) bond motifs is 2. The highest BCUT2D eigenvalue weighted by Gasteiger charge is 2.21. The highest BCUT2D eigenvalue weighted by molar-refractivity contribution is 5.90. The first-order valence-electron chi connectivity index (χ1n) is 11.4. The van der Waals surface area contributed by atoms with E-state index in [4.69, 9.17) is 4.74 Å². The lowest BCUT2D eigenvalue weighted by Gasteiger charge is -2.19. The molecule has 5 rings (SSSR count). The van der Waals surface area contributed by atoms with Gasteiger partial charge in [-0.05, 0) is 51.1 Å². The molecule has 4 aromatic heterocycles. The molecular weight excluding hydrogens is 479 g/mol. The van der Waals surface area contributed by atoms with Gasteiger partial charge in [0, 0.05) is 17.3 Å². The molecule has 0 saturated heterocycles. The highest BCUT2D eigenvalue weighted by Crippen LogP contribution is 2.23. The van der Waals surface area contributed by atoms with Gasteiger partial charge in [-0.2, -0.15) is 19.2 Å². The maximum atomic E-state index is 13.9. The number of carbonyl (C=O) groups excluding carboxylic acids is 1. The van der Waals surface area contributed by atoms with Gasteiger partial charge in [0.2, 0.25) is 11.9 Å². The van der Waals surface area contributed by atoms with Crippen molar-refractivity contribution < 1.29 is 13.9 Å². The van der Waals surface area contributed by atoms with Crippen molar-refractivity contribution in [3.8, 4) is 5.82 Å². The SMILES string of the molecule is C=CCn1c(=O)c2cnc(Nc3ccc4c(cnn4C(=O)OC(C)(C)C)c3)nc2n1-c1cccc(F)n1. The normalized spacial score (nSPS) is 11.7. The number of ether oxygens (including phenoxy) is 1. The Morgan fingerprint density at radius 3 is 2.73 bits per heavy atom. The number of nitrogens with zero attached hydrogens (tertiary/aromatic N) is 7. The molecule has 11 nitrogen and oxygen atoms in total. The zero-order valence-corrected chi connectivity index (χ0v) is 20.3. The number of carbonyl (C=O) groups is 1. The van der Waals surface area contributed by atoms with Gasteiger partial charge in [-0.15, -0.1) is 6.58 Å². The Morgan fingerprint density at radius 1 is 1.19 bits per heavy atom. The zero-order valence-electron chi connectivity index (χ0n) is 20.3. The number of nitrogens with one attached hydrogen (secondary N) is 1. The number of halogens is 1. The number of hydrogen-bond donors (Lipinski definition) is 1. The summed E-state index contributed by atoms with van der Waals surface area (Å²) in [7, 11) is 0. The van der Waals surface area contributed by atoms with Crippen LogP contribution in [0.15, 0.2) is 66.2 Å². The molecular formula is C25H23FN8O3. The van der Waals surface area contributed by atoms with E-state index >= 15 is 0 Å². The lowest BCUT2D eigenvalue weighted by Crippen LogP contribution is -2.27. The largest absolute Gasteiger partial charge is 0.442 e. The summed E-state index contributed by atoms with van der Waals surface area (Å²) >= 11 is 0. The van der Waals surface area contributed by atoms with Crippen LogP contribution in [0.3, 0.4) is 0 Å². The number of allylic oxidation sites excluding steroid dienone is 1. The molecule has 0 amide bonds. The summed E-state index contributed by atoms with van der Waals surface area (Å²) in [6, 6.07) is 9.53. The smallest absolute Gasteiger partial charge is 0.435 e. The van der Waals surface area contributed by atoms with Crippen LogP contribution >= 0.6 is 0 Å². The minimum atomic E-state index is -0.690. The highest BCUT2D eigenvalue weighted by atomic mass is 19.1. The van der Waals surface area contributed by atoms with E-state index in [2.05, 4.69) is 31.9 Å². The first kappa shape index (κ1) is 23.9. The Bertz CT molecular complexity index is 1730. The predicted molar refractivity (Wildman–Crippen MR) is 136 cm³/mol. The third-order valence-electron chi connectivity index (χ3n) is 5.29. The zero-order chi connectivity index (χ0) is 26.3. The van der Waals surface area contributed by atoms with E-state index < -0.39 is 17.6 Å². The maximum absolute atomic E-state index is 13.9. The molecule has 0 aliphatic heterocycles. The molecule has 0 fully saturated rings. The average Bonchev–Trinajstić information content (AvgIpc) is 3.37. The molecule has 5 aromatic rings. The molecule has 1 aromatic carbocycles. The van der Waals surface area contributed by atoms with Crippen molar-refractivity contribution in [2.75, 3.05) is 5.32 Å². The van der Waals surface area contributed by atoms with Crippen LogP contribution in [0.5, 0.6) is 0 Å². The Balaban J connectivity index is 1.53. The van der Waals surface area contributed by atoms with Crippen molar-refractivity contribution in [1.82, 2.24) is 34.1 Å². The lowest BCUT2D eigenvalue weighted by molar-refractivity contribution is 0.0522. The van der Waals surface area contributed by atoms with Crippen LogP contribution < -0.4 is 10.9 Å². The van der Waals surface area contributed by atoms with Gasteiger partial charge >= 0.3 is 6.09 Å². The van der Waals surface area contributed by atoms with E-state index in [1.807, 2.05) is 0 Å². The molecule has 0 aliphatic carbocycles. The fourth-order valence-electron chi connectivity index (χ4n) is 3.81. The molecule has 0 radical (unpaired) electrons. The van der Waals surface area contributed by atoms with Gasteiger partial charge in [-0.1, -0.05) is 12.1 Å². The van der Waals surface area contributed by atoms with Crippen LogP contribution in [0.2, 0.25) is 0 Å². The summed E-state index contributed by atoms with van der Waals surface area (Å²) in [5.74, 6) is -0.300. The number of hydrogen-bond acceptors (Lipinski definition) is 8. The quantitative estimate of drug-likeness (QED) is 0.281. The lowest BCUT2D eigenvalue weighted by atomic mass is 10.2. The van der Waals surface area contributed by atoms with Gasteiger partial charge in [0.05, 0.1) is 18.3 Å². The Hall–Kier alpha value is -4.87. The fraction of sp³-hybridized carbons (Fsp3) is 0.200. The summed E-state index contributed by atoms with van der Waals surface area (Å²) in [6.45, 7) is 9.21. The monoisotopic (exact) mass is 502 g/mol. The van der Waals surface area contributed by atoms with E-state index in [9.17, 15) is 14.0 Å². The van der Waals surface area contributed by atoms with E-state index in [0.717, 1.165) is 0 Å². The molecule has 12 heteroatoms. The minimum Gasteiger partial charge on any atom is -0.442 e. The summed E-state index contributed by atoms with van der Waals surface area (Å²) < 4.78 is 23.3. The van der Waals surface area contributed by atoms with Crippen LogP contribution in [-0.4, -0.2) is 45.8 Å². The molecule has 4 heterocycles. The minimum absolute atomic E-state index is 0.161. The Kier molecular flexibility index (Phi) is 5.78. The molecule has 0 aliphatic rings. The van der Waals surface area contributed by atoms with Gasteiger partial charge in [0.1, 0.15) is 11.0 Å². The number of rotatable bonds is 5. The summed E-state index contributed by atoms with van der Waals surface area (Å²) in [4.78, 5) is 38.2. The maximum Gasteiger partial charge on any atom is 0.435 e. The fourth-order valence-corrected chi connectivity index (χ4v) is 3.81. The number of anilines is 2. The molecule has 0 spiro atoms. The van der Waals surface area contributed by atoms with E-state index in [0.29, 0.717) is 16.6 Å². The number of pyridine rings is 1. The summed E-state index contributed by atoms with van der Waals surface area (Å²) in [5.41, 5.74) is 0.437. The standard InChI is InChI=1S/C25H23FN8O3/c1-5-11-32-22(35)17-14-27-23(31-21(17)34(32)20-8-6-7-19(26)30-20)29-16-9-10-18-15(12-16)13-28-33(18)24(36)37-25(2,3)4/h5-10,12-14H,1,11H2,2-4H3,(H,27,29,31). The van der Waals surface area contributed by atoms with Crippen LogP contribution in [0.4, 0.5) is 20.8 Å². The van der Waals surface area contributed by atoms with Gasteiger partial charge in [-0.3, -0.25) is 4.79 Å². The topological polar surface area (TPSA) is 122 Å². The van der Waals surface area contributed by atoms with Crippen molar-refractivity contribution in [3.63, 3.8) is 0 Å². The van der Waals surface area contributed by atoms with Crippen molar-refractivity contribution in [1.29, 1.82) is 0 Å². The second-order valence-electron chi connectivity index (χ2n) is 9.17. The van der Waals surface area contributed by atoms with Crippen LogP contribution in [0.25, 0.3) is 27.8 Å². The van der Waals surface area contributed by atoms with Crippen LogP contribution in [-0.2, 0) is 11.3 Å². The van der Waals surface area contributed by atoms with Crippen molar-refractivity contribution in [3.05, 3.63) is 77.7 Å². The van der Waals surface area contributed by atoms with Crippen LogP contribution in [0, 0.1) is 5.95 Å². The first-order valence-corrected chi connectivity index (χ1v) is 11.4. The Labute approximate surface area is 209 Å². The van der Waals surface area contributed by atoms with Gasteiger partial charge in [0.25, 0.3) is 5.56 Å². The van der Waals surface area contributed by atoms with E-state index in [1.54, 1.807) is 57.3 Å². The van der Waals surface area contributed by atoms with Gasteiger partial charge in [0.15, 0.2) is 11.5 Å². The van der Waals surface area contributed by atoms with E-state index in [-0.39, 0.29) is 34.9 Å². The molecule has 1 N–H and O–H groups in total. The molecule has 188 valence electrons. The molecule has 0 saturated carbocycles. The second-order valence-corrected chi connectivity index (χ2v) is 9.17. The van der Waals surface area contributed by atoms with E-state index in [1.165, 1.54) is 32.4 Å². The second kappa shape index (κ2) is 8.97. The molecule has 37 heavy (non-hydrogen) atoms. The first-order chi connectivity index (χ1) is 17.6. The van der Waals surface area contributed by atoms with Crippen molar-refractivity contribution >= 4 is 39.7 Å². The third kappa shape index (κ3) is 4.56. The third-order valence-corrected chi connectivity index (χ3v) is 5.29.